The maximum absolute atomic E-state index is 5.28. The largest absolute Gasteiger partial charge is 0.469 e. The highest BCUT2D eigenvalue weighted by Gasteiger charge is 2.01. The van der Waals surface area contributed by atoms with Gasteiger partial charge in [-0.25, -0.2) is 0 Å². The molecule has 0 fully saturated rings. The van der Waals surface area contributed by atoms with Crippen LogP contribution in [0.5, 0.6) is 0 Å². The summed E-state index contributed by atoms with van der Waals surface area (Å²) in [5, 5.41) is 8.65. The zero-order valence-corrected chi connectivity index (χ0v) is 13.1. The zero-order chi connectivity index (χ0) is 13.5. The number of guanidine groups is 1. The number of nitrogens with zero attached hydrogens (tertiary/aromatic N) is 1. The lowest BCUT2D eigenvalue weighted by atomic mass is 10.3. The molecule has 4 nitrogen and oxygen atoms in total. The smallest absolute Gasteiger partial charge is 0.191 e. The molecule has 0 unspecified atom stereocenters. The first-order chi connectivity index (χ1) is 9.28. The average molecular weight is 342 g/mol. The fraction of sp³-hybridized carbons (Fsp3) is 0.308. The van der Waals surface area contributed by atoms with Crippen LogP contribution in [0.2, 0.25) is 0 Å². The fourth-order valence-electron chi connectivity index (χ4n) is 1.60. The van der Waals surface area contributed by atoms with Crippen LogP contribution < -0.4 is 10.6 Å². The number of hydrogen-bond acceptors (Lipinski definition) is 3. The van der Waals surface area contributed by atoms with Crippen molar-refractivity contribution in [2.75, 3.05) is 13.6 Å². The molecule has 2 rings (SSSR count). The predicted molar refractivity (Wildman–Crippen MR) is 82.6 cm³/mol. The number of hydrogen-bond donors (Lipinski definition) is 2. The molecule has 2 heterocycles. The summed E-state index contributed by atoms with van der Waals surface area (Å²) >= 11 is 5.14. The Hall–Kier alpha value is -1.27. The maximum Gasteiger partial charge on any atom is 0.191 e. The van der Waals surface area contributed by atoms with E-state index in [1.807, 2.05) is 12.1 Å². The highest BCUT2D eigenvalue weighted by molar-refractivity contribution is 9.11. The van der Waals surface area contributed by atoms with Gasteiger partial charge in [-0.3, -0.25) is 4.99 Å². The minimum atomic E-state index is 0.766. The van der Waals surface area contributed by atoms with Crippen molar-refractivity contribution in [3.05, 3.63) is 45.0 Å². The Kier molecular flexibility index (Phi) is 5.47. The van der Waals surface area contributed by atoms with Crippen molar-refractivity contribution in [2.24, 2.45) is 4.99 Å². The summed E-state index contributed by atoms with van der Waals surface area (Å²) in [5.41, 5.74) is 1.24. The number of rotatable bonds is 5. The van der Waals surface area contributed by atoms with Gasteiger partial charge in [0.25, 0.3) is 0 Å². The van der Waals surface area contributed by atoms with Gasteiger partial charge in [0.2, 0.25) is 0 Å². The molecule has 2 aromatic heterocycles. The van der Waals surface area contributed by atoms with E-state index in [9.17, 15) is 0 Å². The van der Waals surface area contributed by atoms with Crippen LogP contribution in [0.3, 0.4) is 0 Å². The van der Waals surface area contributed by atoms with E-state index in [0.717, 1.165) is 35.0 Å². The molecule has 102 valence electrons. The van der Waals surface area contributed by atoms with Gasteiger partial charge in [0.05, 0.1) is 10.0 Å². The zero-order valence-electron chi connectivity index (χ0n) is 10.6. The second-order valence-electron chi connectivity index (χ2n) is 3.94. The van der Waals surface area contributed by atoms with Gasteiger partial charge in [0, 0.05) is 26.6 Å². The van der Waals surface area contributed by atoms with Gasteiger partial charge in [0.15, 0.2) is 5.96 Å². The second kappa shape index (κ2) is 7.35. The minimum absolute atomic E-state index is 0.766. The summed E-state index contributed by atoms with van der Waals surface area (Å²) in [6.07, 6.45) is 2.54. The molecule has 0 radical (unpaired) electrons. The van der Waals surface area contributed by atoms with Crippen LogP contribution in [0.4, 0.5) is 0 Å². The lowest BCUT2D eigenvalue weighted by Gasteiger charge is -2.10. The quantitative estimate of drug-likeness (QED) is 0.649. The lowest BCUT2D eigenvalue weighted by molar-refractivity contribution is 0.507. The third-order valence-corrected chi connectivity index (χ3v) is 4.10. The van der Waals surface area contributed by atoms with Gasteiger partial charge < -0.3 is 15.1 Å². The van der Waals surface area contributed by atoms with Crippen LogP contribution in [0, 0.1) is 0 Å². The Labute approximate surface area is 125 Å². The number of halogens is 1. The van der Waals surface area contributed by atoms with E-state index < -0.39 is 0 Å². The molecular formula is C13H16BrN3OS. The summed E-state index contributed by atoms with van der Waals surface area (Å²) < 4.78 is 6.42. The van der Waals surface area contributed by atoms with Crippen molar-refractivity contribution in [3.63, 3.8) is 0 Å². The van der Waals surface area contributed by atoms with Crippen LogP contribution in [0.25, 0.3) is 0 Å². The van der Waals surface area contributed by atoms with Crippen molar-refractivity contribution < 1.29 is 4.42 Å². The standard InChI is InChI=1S/C13H16BrN3OS/c1-15-13(16-5-4-11-3-2-6-18-11)17-8-10-7-12(14)19-9-10/h2-3,6-7,9H,4-5,8H2,1H3,(H2,15,16,17). The third kappa shape index (κ3) is 4.72. The van der Waals surface area contributed by atoms with Gasteiger partial charge in [-0.15, -0.1) is 11.3 Å². The normalized spacial score (nSPS) is 11.6. The number of nitrogens with one attached hydrogen (secondary N) is 2. The van der Waals surface area contributed by atoms with E-state index in [4.69, 9.17) is 4.42 Å². The highest BCUT2D eigenvalue weighted by Crippen LogP contribution is 2.20. The van der Waals surface area contributed by atoms with E-state index in [2.05, 4.69) is 43.0 Å². The molecule has 2 N–H and O–H groups in total. The van der Waals surface area contributed by atoms with Crippen LogP contribution in [-0.4, -0.2) is 19.6 Å². The molecule has 0 saturated carbocycles. The number of thiophene rings is 1. The Balaban J connectivity index is 1.71. The molecule has 0 aromatic carbocycles. The predicted octanol–water partition coefficient (Wildman–Crippen LogP) is 3.01. The second-order valence-corrected chi connectivity index (χ2v) is 6.23. The van der Waals surface area contributed by atoms with E-state index >= 15 is 0 Å². The molecule has 0 amide bonds. The first-order valence-corrected chi connectivity index (χ1v) is 7.65. The first-order valence-electron chi connectivity index (χ1n) is 5.98. The SMILES string of the molecule is CN=C(NCCc1ccco1)NCc1csc(Br)c1. The van der Waals surface area contributed by atoms with Crippen molar-refractivity contribution in [3.8, 4) is 0 Å². The number of aliphatic imine (C=N–C) groups is 1. The molecule has 0 aliphatic rings. The molecule has 0 aliphatic heterocycles. The molecule has 0 atom stereocenters. The van der Waals surface area contributed by atoms with E-state index in [-0.39, 0.29) is 0 Å². The average Bonchev–Trinajstić information content (AvgIpc) is 3.05. The Morgan fingerprint density at radius 2 is 2.37 bits per heavy atom. The van der Waals surface area contributed by atoms with Crippen molar-refractivity contribution in [1.29, 1.82) is 0 Å². The van der Waals surface area contributed by atoms with Crippen molar-refractivity contribution >= 4 is 33.2 Å². The molecule has 0 saturated heterocycles. The van der Waals surface area contributed by atoms with Crippen LogP contribution in [-0.2, 0) is 13.0 Å². The van der Waals surface area contributed by atoms with Gasteiger partial charge in [0.1, 0.15) is 5.76 Å². The lowest BCUT2D eigenvalue weighted by Crippen LogP contribution is -2.37. The third-order valence-electron chi connectivity index (χ3n) is 2.55. The first kappa shape index (κ1) is 14.1. The van der Waals surface area contributed by atoms with Crippen LogP contribution in [0.15, 0.2) is 43.0 Å². The monoisotopic (exact) mass is 341 g/mol. The summed E-state index contributed by atoms with van der Waals surface area (Å²) in [5.74, 6) is 1.78. The maximum atomic E-state index is 5.28. The van der Waals surface area contributed by atoms with E-state index in [0.29, 0.717) is 0 Å². The van der Waals surface area contributed by atoms with E-state index in [1.54, 1.807) is 24.6 Å². The highest BCUT2D eigenvalue weighted by atomic mass is 79.9. The molecule has 2 aromatic rings. The summed E-state index contributed by atoms with van der Waals surface area (Å²) in [6.45, 7) is 1.56. The molecule has 19 heavy (non-hydrogen) atoms. The topological polar surface area (TPSA) is 49.6 Å². The van der Waals surface area contributed by atoms with Crippen LogP contribution >= 0.6 is 27.3 Å². The Bertz CT molecular complexity index is 522. The van der Waals surface area contributed by atoms with Crippen LogP contribution in [0.1, 0.15) is 11.3 Å². The molecule has 6 heteroatoms. The van der Waals surface area contributed by atoms with Crippen molar-refractivity contribution in [1.82, 2.24) is 10.6 Å². The molecular weight excluding hydrogens is 326 g/mol. The minimum Gasteiger partial charge on any atom is -0.469 e. The van der Waals surface area contributed by atoms with Gasteiger partial charge in [-0.2, -0.15) is 0 Å². The molecule has 0 spiro atoms. The molecule has 0 aliphatic carbocycles. The van der Waals surface area contributed by atoms with Gasteiger partial charge >= 0.3 is 0 Å². The summed E-state index contributed by atoms with van der Waals surface area (Å²) in [6, 6.07) is 5.98. The Morgan fingerprint density at radius 3 is 3.00 bits per heavy atom. The molecule has 0 bridgehead atoms. The summed E-state index contributed by atoms with van der Waals surface area (Å²) in [4.78, 5) is 4.18. The summed E-state index contributed by atoms with van der Waals surface area (Å²) in [7, 11) is 1.77. The fourth-order valence-corrected chi connectivity index (χ4v) is 2.81. The van der Waals surface area contributed by atoms with Gasteiger partial charge in [-0.05, 0) is 45.1 Å². The van der Waals surface area contributed by atoms with Gasteiger partial charge in [-0.1, -0.05) is 0 Å². The van der Waals surface area contributed by atoms with Crippen molar-refractivity contribution in [2.45, 2.75) is 13.0 Å². The van der Waals surface area contributed by atoms with E-state index in [1.165, 1.54) is 5.56 Å². The number of furan rings is 1. The Morgan fingerprint density at radius 1 is 1.47 bits per heavy atom.